The van der Waals surface area contributed by atoms with Crippen LogP contribution in [0.5, 0.6) is 0 Å². The number of rotatable bonds is 5. The summed E-state index contributed by atoms with van der Waals surface area (Å²) in [4.78, 5) is 16.3. The van der Waals surface area contributed by atoms with E-state index in [9.17, 15) is 4.79 Å². The molecular weight excluding hydrogens is 308 g/mol. The minimum atomic E-state index is 0.0564. The van der Waals surface area contributed by atoms with Crippen LogP contribution in [0.15, 0.2) is 34.4 Å². The van der Waals surface area contributed by atoms with E-state index in [4.69, 9.17) is 0 Å². The number of hydrazone groups is 1. The lowest BCUT2D eigenvalue weighted by atomic mass is 10.1. The number of thioether (sulfide) groups is 1. The van der Waals surface area contributed by atoms with Gasteiger partial charge in [0.05, 0.1) is 11.8 Å². The van der Waals surface area contributed by atoms with Gasteiger partial charge in [-0.25, -0.2) is 0 Å². The molecule has 1 aliphatic carbocycles. The third kappa shape index (κ3) is 4.82. The Balaban J connectivity index is 1.59. The van der Waals surface area contributed by atoms with E-state index < -0.39 is 0 Å². The highest BCUT2D eigenvalue weighted by Crippen LogP contribution is 2.25. The predicted molar refractivity (Wildman–Crippen MR) is 97.1 cm³/mol. The number of anilines is 1. The summed E-state index contributed by atoms with van der Waals surface area (Å²) < 4.78 is 0. The number of amides is 1. The summed E-state index contributed by atoms with van der Waals surface area (Å²) in [6, 6.07) is 8.35. The molecule has 3 rings (SSSR count). The molecule has 0 radical (unpaired) electrons. The van der Waals surface area contributed by atoms with Crippen LogP contribution < -0.4 is 10.7 Å². The van der Waals surface area contributed by atoms with Crippen LogP contribution in [0.4, 0.5) is 5.69 Å². The van der Waals surface area contributed by atoms with Gasteiger partial charge < -0.3 is 5.32 Å². The second kappa shape index (κ2) is 7.17. The first-order valence-electron chi connectivity index (χ1n) is 8.03. The van der Waals surface area contributed by atoms with Gasteiger partial charge in [-0.05, 0) is 36.5 Å². The molecule has 1 saturated carbocycles. The third-order valence-corrected chi connectivity index (χ3v) is 4.46. The van der Waals surface area contributed by atoms with Gasteiger partial charge in [0.15, 0.2) is 5.17 Å². The average Bonchev–Trinajstić information content (AvgIpc) is 3.32. The van der Waals surface area contributed by atoms with E-state index in [1.165, 1.54) is 12.8 Å². The van der Waals surface area contributed by atoms with Crippen molar-refractivity contribution in [3.63, 3.8) is 0 Å². The monoisotopic (exact) mass is 330 g/mol. The number of benzene rings is 1. The molecule has 23 heavy (non-hydrogen) atoms. The Morgan fingerprint density at radius 3 is 2.70 bits per heavy atom. The molecule has 2 N–H and O–H groups in total. The predicted octanol–water partition coefficient (Wildman–Crippen LogP) is 3.23. The van der Waals surface area contributed by atoms with Gasteiger partial charge in [-0.15, -0.1) is 0 Å². The molecule has 1 aliphatic heterocycles. The summed E-state index contributed by atoms with van der Waals surface area (Å²) >= 11 is 1.69. The molecule has 5 nitrogen and oxygen atoms in total. The molecule has 0 bridgehead atoms. The second-order valence-corrected chi connectivity index (χ2v) is 7.31. The highest BCUT2D eigenvalue weighted by atomic mass is 32.2. The van der Waals surface area contributed by atoms with Crippen LogP contribution >= 0.6 is 11.8 Å². The zero-order chi connectivity index (χ0) is 16.2. The SMILES string of the molecule is CC(C)CC(=O)Nc1ccc(C2=NNC(=NC3CC3)SC2)cc1. The normalized spacial score (nSPS) is 19.4. The van der Waals surface area contributed by atoms with Crippen LogP contribution in [0.2, 0.25) is 0 Å². The minimum Gasteiger partial charge on any atom is -0.326 e. The summed E-state index contributed by atoms with van der Waals surface area (Å²) in [5.41, 5.74) is 5.94. The second-order valence-electron chi connectivity index (χ2n) is 6.35. The third-order valence-electron chi connectivity index (χ3n) is 3.57. The average molecular weight is 330 g/mol. The molecule has 0 spiro atoms. The first kappa shape index (κ1) is 16.1. The summed E-state index contributed by atoms with van der Waals surface area (Å²) in [6.45, 7) is 4.07. The number of aliphatic imine (C=N–C) groups is 1. The van der Waals surface area contributed by atoms with Gasteiger partial charge >= 0.3 is 0 Å². The molecule has 1 fully saturated rings. The molecule has 1 heterocycles. The van der Waals surface area contributed by atoms with Gasteiger partial charge in [-0.3, -0.25) is 15.2 Å². The number of hydrogen-bond donors (Lipinski definition) is 2. The van der Waals surface area contributed by atoms with Crippen molar-refractivity contribution in [1.82, 2.24) is 5.43 Å². The molecule has 1 aromatic rings. The van der Waals surface area contributed by atoms with Gasteiger partial charge in [-0.1, -0.05) is 37.7 Å². The van der Waals surface area contributed by atoms with Crippen molar-refractivity contribution >= 4 is 34.2 Å². The van der Waals surface area contributed by atoms with Crippen molar-refractivity contribution in [1.29, 1.82) is 0 Å². The summed E-state index contributed by atoms with van der Waals surface area (Å²) in [7, 11) is 0. The lowest BCUT2D eigenvalue weighted by Crippen LogP contribution is -2.25. The summed E-state index contributed by atoms with van der Waals surface area (Å²) in [5.74, 6) is 1.24. The van der Waals surface area contributed by atoms with Crippen molar-refractivity contribution in [2.24, 2.45) is 16.0 Å². The minimum absolute atomic E-state index is 0.0564. The van der Waals surface area contributed by atoms with Crippen molar-refractivity contribution in [3.8, 4) is 0 Å². The number of nitrogens with zero attached hydrogens (tertiary/aromatic N) is 2. The maximum atomic E-state index is 11.8. The van der Waals surface area contributed by atoms with Crippen LogP contribution in [0.25, 0.3) is 0 Å². The highest BCUT2D eigenvalue weighted by Gasteiger charge is 2.22. The zero-order valence-electron chi connectivity index (χ0n) is 13.5. The number of amidine groups is 1. The van der Waals surface area contributed by atoms with Crippen molar-refractivity contribution in [3.05, 3.63) is 29.8 Å². The Morgan fingerprint density at radius 2 is 2.13 bits per heavy atom. The van der Waals surface area contributed by atoms with Crippen molar-refractivity contribution < 1.29 is 4.79 Å². The summed E-state index contributed by atoms with van der Waals surface area (Å²) in [5, 5.41) is 8.26. The lowest BCUT2D eigenvalue weighted by molar-refractivity contribution is -0.116. The Labute approximate surface area is 141 Å². The zero-order valence-corrected chi connectivity index (χ0v) is 14.3. The quantitative estimate of drug-likeness (QED) is 0.871. The van der Waals surface area contributed by atoms with Gasteiger partial charge in [0.1, 0.15) is 0 Å². The molecule has 122 valence electrons. The topological polar surface area (TPSA) is 65.8 Å². The largest absolute Gasteiger partial charge is 0.326 e. The molecule has 2 aliphatic rings. The van der Waals surface area contributed by atoms with E-state index in [2.05, 4.69) is 20.8 Å². The van der Waals surface area contributed by atoms with E-state index in [1.54, 1.807) is 11.8 Å². The summed E-state index contributed by atoms with van der Waals surface area (Å²) in [6.07, 6.45) is 2.94. The fourth-order valence-electron chi connectivity index (χ4n) is 2.23. The maximum absolute atomic E-state index is 11.8. The van der Waals surface area contributed by atoms with Crippen LogP contribution in [0.1, 0.15) is 38.7 Å². The van der Waals surface area contributed by atoms with Crippen LogP contribution in [-0.2, 0) is 4.79 Å². The Kier molecular flexibility index (Phi) is 5.00. The molecular formula is C17H22N4OS. The van der Waals surface area contributed by atoms with Gasteiger partial charge in [-0.2, -0.15) is 5.10 Å². The fraction of sp³-hybridized carbons (Fsp3) is 0.471. The van der Waals surface area contributed by atoms with Crippen LogP contribution in [0, 0.1) is 5.92 Å². The molecule has 0 aromatic heterocycles. The van der Waals surface area contributed by atoms with E-state index >= 15 is 0 Å². The molecule has 0 saturated heterocycles. The number of nitrogens with one attached hydrogen (secondary N) is 2. The molecule has 1 amide bonds. The molecule has 0 atom stereocenters. The Hall–Kier alpha value is -1.82. The first-order valence-corrected chi connectivity index (χ1v) is 9.02. The van der Waals surface area contributed by atoms with Crippen LogP contribution in [0.3, 0.4) is 0 Å². The smallest absolute Gasteiger partial charge is 0.224 e. The van der Waals surface area contributed by atoms with Gasteiger partial charge in [0.25, 0.3) is 0 Å². The fourth-order valence-corrected chi connectivity index (χ4v) is 3.07. The van der Waals surface area contributed by atoms with E-state index in [0.717, 1.165) is 27.9 Å². The number of hydrogen-bond acceptors (Lipinski definition) is 4. The Morgan fingerprint density at radius 1 is 1.39 bits per heavy atom. The maximum Gasteiger partial charge on any atom is 0.224 e. The molecule has 1 aromatic carbocycles. The standard InChI is InChI=1S/C17H22N4OS/c1-11(2)9-16(22)18-13-5-3-12(4-6-13)15-10-23-17(21-20-15)19-14-7-8-14/h3-6,11,14H,7-10H2,1-2H3,(H,18,22)(H,19,21). The van der Waals surface area contributed by atoms with Crippen LogP contribution in [-0.4, -0.2) is 28.6 Å². The lowest BCUT2D eigenvalue weighted by Gasteiger charge is -2.15. The Bertz CT molecular complexity index is 632. The number of carbonyl (C=O) groups excluding carboxylic acids is 1. The number of carbonyl (C=O) groups is 1. The highest BCUT2D eigenvalue weighted by molar-refractivity contribution is 8.14. The van der Waals surface area contributed by atoms with Gasteiger partial charge in [0.2, 0.25) is 5.91 Å². The van der Waals surface area contributed by atoms with Crippen molar-refractivity contribution in [2.75, 3.05) is 11.1 Å². The first-order chi connectivity index (χ1) is 11.1. The van der Waals surface area contributed by atoms with Crippen molar-refractivity contribution in [2.45, 2.75) is 39.2 Å². The van der Waals surface area contributed by atoms with E-state index in [1.807, 2.05) is 38.1 Å². The van der Waals surface area contributed by atoms with Gasteiger partial charge in [0, 0.05) is 17.9 Å². The van der Waals surface area contributed by atoms with E-state index in [-0.39, 0.29) is 5.91 Å². The van der Waals surface area contributed by atoms with E-state index in [0.29, 0.717) is 18.4 Å². The molecule has 0 unspecified atom stereocenters. The molecule has 6 heteroatoms.